The highest BCUT2D eigenvalue weighted by Gasteiger charge is 2.23. The predicted octanol–water partition coefficient (Wildman–Crippen LogP) is 2.44. The molecule has 0 unspecified atom stereocenters. The molecule has 0 bridgehead atoms. The third kappa shape index (κ3) is 1.36. The van der Waals surface area contributed by atoms with Crippen molar-refractivity contribution >= 4 is 15.9 Å². The topological polar surface area (TPSA) is 29.5 Å². The van der Waals surface area contributed by atoms with Gasteiger partial charge in [-0.25, -0.2) is 0 Å². The van der Waals surface area contributed by atoms with E-state index in [4.69, 9.17) is 4.74 Å². The van der Waals surface area contributed by atoms with Crippen LogP contribution in [0, 0.1) is 0 Å². The predicted molar refractivity (Wildman–Crippen MR) is 54.0 cm³/mol. The number of aliphatic hydroxyl groups is 1. The highest BCUT2D eigenvalue weighted by atomic mass is 79.9. The van der Waals surface area contributed by atoms with E-state index in [2.05, 4.69) is 15.9 Å². The Bertz CT molecular complexity index is 336. The molecule has 1 aliphatic carbocycles. The zero-order valence-electron chi connectivity index (χ0n) is 7.38. The minimum atomic E-state index is -0.294. The Morgan fingerprint density at radius 3 is 3.00 bits per heavy atom. The Morgan fingerprint density at radius 1 is 1.54 bits per heavy atom. The number of methoxy groups -OCH3 is 1. The van der Waals surface area contributed by atoms with Crippen molar-refractivity contribution in [3.63, 3.8) is 0 Å². The maximum Gasteiger partial charge on any atom is 0.133 e. The molecule has 0 spiro atoms. The lowest BCUT2D eigenvalue weighted by Crippen LogP contribution is -1.92. The summed E-state index contributed by atoms with van der Waals surface area (Å²) in [6.45, 7) is 0. The van der Waals surface area contributed by atoms with E-state index in [1.165, 1.54) is 5.56 Å². The van der Waals surface area contributed by atoms with E-state index < -0.39 is 0 Å². The van der Waals surface area contributed by atoms with Crippen molar-refractivity contribution in [2.75, 3.05) is 7.11 Å². The molecule has 0 aromatic heterocycles. The molecule has 70 valence electrons. The van der Waals surface area contributed by atoms with Gasteiger partial charge in [0.05, 0.1) is 17.7 Å². The second-order valence-electron chi connectivity index (χ2n) is 3.20. The molecule has 2 nitrogen and oxygen atoms in total. The Morgan fingerprint density at radius 2 is 2.31 bits per heavy atom. The monoisotopic (exact) mass is 242 g/mol. The van der Waals surface area contributed by atoms with Gasteiger partial charge in [0.25, 0.3) is 0 Å². The number of fused-ring (bicyclic) bond motifs is 1. The quantitative estimate of drug-likeness (QED) is 0.820. The van der Waals surface area contributed by atoms with Crippen molar-refractivity contribution in [2.45, 2.75) is 18.9 Å². The van der Waals surface area contributed by atoms with Crippen LogP contribution in [0.25, 0.3) is 0 Å². The summed E-state index contributed by atoms with van der Waals surface area (Å²) in [4.78, 5) is 0. The molecule has 0 amide bonds. The molecule has 1 aromatic rings. The van der Waals surface area contributed by atoms with Gasteiger partial charge in [0.15, 0.2) is 0 Å². The number of rotatable bonds is 1. The standard InChI is InChI=1S/C10H11BrO2/c1-13-9-5-3-6-7(10(9)11)2-4-8(6)12/h3,5,8,12H,2,4H2,1H3/t8-/m0/s1. The van der Waals surface area contributed by atoms with Gasteiger partial charge in [0.1, 0.15) is 5.75 Å². The minimum Gasteiger partial charge on any atom is -0.496 e. The fourth-order valence-electron chi connectivity index (χ4n) is 1.78. The van der Waals surface area contributed by atoms with E-state index in [0.717, 1.165) is 28.6 Å². The first kappa shape index (κ1) is 9.03. The van der Waals surface area contributed by atoms with E-state index in [0.29, 0.717) is 0 Å². The molecule has 0 heterocycles. The van der Waals surface area contributed by atoms with Gasteiger partial charge in [-0.1, -0.05) is 6.07 Å². The van der Waals surface area contributed by atoms with Crippen molar-refractivity contribution in [1.29, 1.82) is 0 Å². The van der Waals surface area contributed by atoms with Crippen LogP contribution in [0.4, 0.5) is 0 Å². The first-order valence-corrected chi connectivity index (χ1v) is 5.06. The minimum absolute atomic E-state index is 0.294. The van der Waals surface area contributed by atoms with Crippen molar-refractivity contribution in [2.24, 2.45) is 0 Å². The summed E-state index contributed by atoms with van der Waals surface area (Å²) in [6.07, 6.45) is 1.45. The van der Waals surface area contributed by atoms with Crippen LogP contribution in [0.15, 0.2) is 16.6 Å². The zero-order chi connectivity index (χ0) is 9.42. The Balaban J connectivity index is 2.54. The molecule has 0 saturated heterocycles. The number of benzene rings is 1. The Hall–Kier alpha value is -0.540. The maximum absolute atomic E-state index is 9.61. The normalized spacial score (nSPS) is 20.1. The second-order valence-corrected chi connectivity index (χ2v) is 4.00. The van der Waals surface area contributed by atoms with Crippen LogP contribution in [-0.2, 0) is 6.42 Å². The van der Waals surface area contributed by atoms with E-state index >= 15 is 0 Å². The van der Waals surface area contributed by atoms with Crippen molar-refractivity contribution in [1.82, 2.24) is 0 Å². The molecule has 0 saturated carbocycles. The SMILES string of the molecule is COc1ccc2c(c1Br)CC[C@@H]2O. The number of halogens is 1. The largest absolute Gasteiger partial charge is 0.496 e. The average Bonchev–Trinajstić information content (AvgIpc) is 2.50. The van der Waals surface area contributed by atoms with Crippen LogP contribution in [0.1, 0.15) is 23.7 Å². The third-order valence-electron chi connectivity index (χ3n) is 2.49. The van der Waals surface area contributed by atoms with Crippen molar-refractivity contribution in [3.05, 3.63) is 27.7 Å². The summed E-state index contributed by atoms with van der Waals surface area (Å²) in [5.41, 5.74) is 2.22. The van der Waals surface area contributed by atoms with Crippen molar-refractivity contribution in [3.8, 4) is 5.75 Å². The van der Waals surface area contributed by atoms with Crippen LogP contribution >= 0.6 is 15.9 Å². The van der Waals surface area contributed by atoms with Crippen LogP contribution in [0.3, 0.4) is 0 Å². The Kier molecular flexibility index (Phi) is 2.30. The summed E-state index contributed by atoms with van der Waals surface area (Å²) in [5, 5.41) is 9.61. The Labute approximate surface area is 85.7 Å². The smallest absolute Gasteiger partial charge is 0.133 e. The van der Waals surface area contributed by atoms with Crippen LogP contribution in [0.5, 0.6) is 5.75 Å². The average molecular weight is 243 g/mol. The number of hydrogen-bond acceptors (Lipinski definition) is 2. The molecule has 0 radical (unpaired) electrons. The molecule has 0 aliphatic heterocycles. The van der Waals surface area contributed by atoms with E-state index in [1.54, 1.807) is 7.11 Å². The lowest BCUT2D eigenvalue weighted by molar-refractivity contribution is 0.180. The second kappa shape index (κ2) is 3.31. The van der Waals surface area contributed by atoms with Crippen molar-refractivity contribution < 1.29 is 9.84 Å². The van der Waals surface area contributed by atoms with Crippen LogP contribution < -0.4 is 4.74 Å². The molecule has 0 fully saturated rings. The molecule has 1 aliphatic rings. The fourth-order valence-corrected chi connectivity index (χ4v) is 2.50. The molecular weight excluding hydrogens is 232 g/mol. The molecule has 1 N–H and O–H groups in total. The summed E-state index contributed by atoms with van der Waals surface area (Å²) >= 11 is 3.48. The van der Waals surface area contributed by atoms with E-state index in [-0.39, 0.29) is 6.10 Å². The highest BCUT2D eigenvalue weighted by molar-refractivity contribution is 9.10. The fraction of sp³-hybridized carbons (Fsp3) is 0.400. The van der Waals surface area contributed by atoms with E-state index in [9.17, 15) is 5.11 Å². The van der Waals surface area contributed by atoms with Gasteiger partial charge < -0.3 is 9.84 Å². The van der Waals surface area contributed by atoms with Gasteiger partial charge in [-0.3, -0.25) is 0 Å². The summed E-state index contributed by atoms with van der Waals surface area (Å²) in [5.74, 6) is 0.841. The third-order valence-corrected chi connectivity index (χ3v) is 3.36. The lowest BCUT2D eigenvalue weighted by Gasteiger charge is -2.08. The number of aliphatic hydroxyl groups excluding tert-OH is 1. The first-order chi connectivity index (χ1) is 6.24. The summed E-state index contributed by atoms with van der Waals surface area (Å²) in [6, 6.07) is 3.83. The summed E-state index contributed by atoms with van der Waals surface area (Å²) in [7, 11) is 1.65. The maximum atomic E-state index is 9.61. The molecular formula is C10H11BrO2. The molecule has 13 heavy (non-hydrogen) atoms. The number of ether oxygens (including phenoxy) is 1. The van der Waals surface area contributed by atoms with Crippen LogP contribution in [-0.4, -0.2) is 12.2 Å². The van der Waals surface area contributed by atoms with Gasteiger partial charge in [-0.2, -0.15) is 0 Å². The molecule has 3 heteroatoms. The van der Waals surface area contributed by atoms with Gasteiger partial charge in [-0.05, 0) is 46.0 Å². The first-order valence-electron chi connectivity index (χ1n) is 4.27. The lowest BCUT2D eigenvalue weighted by atomic mass is 10.1. The van der Waals surface area contributed by atoms with Gasteiger partial charge in [0, 0.05) is 0 Å². The van der Waals surface area contributed by atoms with Gasteiger partial charge in [-0.15, -0.1) is 0 Å². The highest BCUT2D eigenvalue weighted by Crippen LogP contribution is 2.40. The zero-order valence-corrected chi connectivity index (χ0v) is 8.97. The molecule has 1 atom stereocenters. The van der Waals surface area contributed by atoms with E-state index in [1.807, 2.05) is 12.1 Å². The van der Waals surface area contributed by atoms with Gasteiger partial charge in [0.2, 0.25) is 0 Å². The van der Waals surface area contributed by atoms with Gasteiger partial charge >= 0.3 is 0 Å². The molecule has 1 aromatic carbocycles. The molecule has 2 rings (SSSR count). The number of hydrogen-bond donors (Lipinski definition) is 1. The summed E-state index contributed by atoms with van der Waals surface area (Å²) < 4.78 is 6.17. The van der Waals surface area contributed by atoms with Crippen LogP contribution in [0.2, 0.25) is 0 Å².